The van der Waals surface area contributed by atoms with Crippen molar-refractivity contribution in [2.75, 3.05) is 13.7 Å². The molecule has 1 aromatic rings. The molecule has 1 amide bonds. The van der Waals surface area contributed by atoms with Gasteiger partial charge in [-0.1, -0.05) is 11.6 Å². The molecule has 0 bridgehead atoms. The number of esters is 1. The second kappa shape index (κ2) is 9.30. The van der Waals surface area contributed by atoms with Gasteiger partial charge < -0.3 is 14.8 Å². The Hall–Kier alpha value is -1.75. The monoisotopic (exact) mass is 327 g/mol. The summed E-state index contributed by atoms with van der Waals surface area (Å²) in [5.74, 6) is 0.325. The van der Waals surface area contributed by atoms with E-state index in [1.807, 2.05) is 19.1 Å². The Kier molecular flexibility index (Phi) is 7.74. The van der Waals surface area contributed by atoms with E-state index < -0.39 is 0 Å². The fourth-order valence-electron chi connectivity index (χ4n) is 1.92. The molecule has 0 radical (unpaired) electrons. The summed E-state index contributed by atoms with van der Waals surface area (Å²) in [6.45, 7) is 4.13. The summed E-state index contributed by atoms with van der Waals surface area (Å²) in [5, 5.41) is 3.42. The fourth-order valence-corrected chi connectivity index (χ4v) is 2.15. The number of halogens is 1. The van der Waals surface area contributed by atoms with Crippen LogP contribution in [-0.2, 0) is 14.3 Å². The number of hydrogen-bond donors (Lipinski definition) is 1. The Morgan fingerprint density at radius 3 is 2.73 bits per heavy atom. The van der Waals surface area contributed by atoms with Crippen molar-refractivity contribution in [3.63, 3.8) is 0 Å². The van der Waals surface area contributed by atoms with Crippen LogP contribution in [-0.4, -0.2) is 31.6 Å². The largest absolute Gasteiger partial charge is 0.493 e. The van der Waals surface area contributed by atoms with Crippen molar-refractivity contribution in [2.24, 2.45) is 0 Å². The molecule has 0 aliphatic carbocycles. The average molecular weight is 328 g/mol. The molecule has 0 aliphatic rings. The molecule has 0 aliphatic heterocycles. The van der Waals surface area contributed by atoms with Gasteiger partial charge in [-0.25, -0.2) is 0 Å². The second-order valence-electron chi connectivity index (χ2n) is 5.11. The van der Waals surface area contributed by atoms with Gasteiger partial charge in [-0.15, -0.1) is 0 Å². The third-order valence-corrected chi connectivity index (χ3v) is 3.29. The lowest BCUT2D eigenvalue weighted by Gasteiger charge is -2.13. The van der Waals surface area contributed by atoms with Gasteiger partial charge in [0.2, 0.25) is 5.91 Å². The fraction of sp³-hybridized carbons (Fsp3) is 0.500. The van der Waals surface area contributed by atoms with E-state index >= 15 is 0 Å². The van der Waals surface area contributed by atoms with Crippen molar-refractivity contribution >= 4 is 23.5 Å². The quantitative estimate of drug-likeness (QED) is 0.589. The summed E-state index contributed by atoms with van der Waals surface area (Å²) in [5.41, 5.74) is 0.962. The summed E-state index contributed by atoms with van der Waals surface area (Å²) < 4.78 is 10.2. The van der Waals surface area contributed by atoms with E-state index in [-0.39, 0.29) is 24.3 Å². The van der Waals surface area contributed by atoms with Gasteiger partial charge in [-0.2, -0.15) is 0 Å². The Morgan fingerprint density at radius 2 is 2.09 bits per heavy atom. The molecule has 6 heteroatoms. The topological polar surface area (TPSA) is 64.6 Å². The molecule has 0 saturated heterocycles. The van der Waals surface area contributed by atoms with Gasteiger partial charge in [0.05, 0.1) is 20.1 Å². The SMILES string of the molecule is COC(=O)CC(C)NC(=O)CCCOc1ccc(Cl)cc1C. The lowest BCUT2D eigenvalue weighted by atomic mass is 10.2. The number of ether oxygens (including phenoxy) is 2. The highest BCUT2D eigenvalue weighted by molar-refractivity contribution is 6.30. The van der Waals surface area contributed by atoms with Gasteiger partial charge in [0, 0.05) is 17.5 Å². The predicted octanol–water partition coefficient (Wildman–Crippen LogP) is 2.88. The number of amides is 1. The molecule has 1 atom stereocenters. The summed E-state index contributed by atoms with van der Waals surface area (Å²) in [7, 11) is 1.33. The van der Waals surface area contributed by atoms with Crippen molar-refractivity contribution in [3.05, 3.63) is 28.8 Å². The molecule has 0 fully saturated rings. The molecule has 0 spiro atoms. The highest BCUT2D eigenvalue weighted by Crippen LogP contribution is 2.21. The maximum Gasteiger partial charge on any atom is 0.307 e. The maximum absolute atomic E-state index is 11.7. The molecule has 1 rings (SSSR count). The molecule has 1 N–H and O–H groups in total. The van der Waals surface area contributed by atoms with Crippen LogP contribution in [0.2, 0.25) is 5.02 Å². The number of hydrogen-bond acceptors (Lipinski definition) is 4. The zero-order valence-electron chi connectivity index (χ0n) is 13.1. The number of benzene rings is 1. The van der Waals surface area contributed by atoms with E-state index in [2.05, 4.69) is 10.1 Å². The highest BCUT2D eigenvalue weighted by atomic mass is 35.5. The van der Waals surface area contributed by atoms with Gasteiger partial charge in [-0.3, -0.25) is 9.59 Å². The number of rotatable bonds is 8. The van der Waals surface area contributed by atoms with Crippen molar-refractivity contribution in [2.45, 2.75) is 39.2 Å². The van der Waals surface area contributed by atoms with Crippen LogP contribution in [0.3, 0.4) is 0 Å². The van der Waals surface area contributed by atoms with E-state index in [0.29, 0.717) is 24.5 Å². The second-order valence-corrected chi connectivity index (χ2v) is 5.55. The van der Waals surface area contributed by atoms with Crippen LogP contribution in [0.4, 0.5) is 0 Å². The smallest absolute Gasteiger partial charge is 0.307 e. The summed E-state index contributed by atoms with van der Waals surface area (Å²) in [6.07, 6.45) is 1.11. The first kappa shape index (κ1) is 18.3. The molecule has 122 valence electrons. The molecule has 5 nitrogen and oxygen atoms in total. The van der Waals surface area contributed by atoms with Crippen LogP contribution in [0.1, 0.15) is 31.7 Å². The van der Waals surface area contributed by atoms with Gasteiger partial charge >= 0.3 is 5.97 Å². The molecule has 0 saturated carbocycles. The lowest BCUT2D eigenvalue weighted by molar-refractivity contribution is -0.141. The highest BCUT2D eigenvalue weighted by Gasteiger charge is 2.11. The third kappa shape index (κ3) is 6.80. The maximum atomic E-state index is 11.7. The van der Waals surface area contributed by atoms with Gasteiger partial charge in [-0.05, 0) is 44.0 Å². The lowest BCUT2D eigenvalue weighted by Crippen LogP contribution is -2.34. The van der Waals surface area contributed by atoms with Crippen LogP contribution in [0.15, 0.2) is 18.2 Å². The number of carbonyl (C=O) groups is 2. The van der Waals surface area contributed by atoms with Crippen LogP contribution < -0.4 is 10.1 Å². The number of nitrogens with one attached hydrogen (secondary N) is 1. The van der Waals surface area contributed by atoms with Crippen LogP contribution in [0.25, 0.3) is 0 Å². The Morgan fingerprint density at radius 1 is 1.36 bits per heavy atom. The third-order valence-electron chi connectivity index (χ3n) is 3.05. The molecular formula is C16H22ClNO4. The van der Waals surface area contributed by atoms with Crippen LogP contribution in [0, 0.1) is 6.92 Å². The van der Waals surface area contributed by atoms with Crippen LogP contribution in [0.5, 0.6) is 5.75 Å². The van der Waals surface area contributed by atoms with E-state index in [0.717, 1.165) is 11.3 Å². The Bertz CT molecular complexity index is 519. The van der Waals surface area contributed by atoms with Gasteiger partial charge in [0.25, 0.3) is 0 Å². The normalized spacial score (nSPS) is 11.6. The first-order valence-corrected chi connectivity index (χ1v) is 7.55. The zero-order valence-corrected chi connectivity index (χ0v) is 13.9. The van der Waals surface area contributed by atoms with Gasteiger partial charge in [0.1, 0.15) is 5.75 Å². The molecule has 0 aromatic heterocycles. The van der Waals surface area contributed by atoms with E-state index in [1.54, 1.807) is 13.0 Å². The minimum absolute atomic E-state index is 0.104. The molecular weight excluding hydrogens is 306 g/mol. The molecule has 1 unspecified atom stereocenters. The number of carbonyl (C=O) groups excluding carboxylic acids is 2. The Labute approximate surface area is 135 Å². The first-order valence-electron chi connectivity index (χ1n) is 7.17. The minimum Gasteiger partial charge on any atom is -0.493 e. The van der Waals surface area contributed by atoms with Crippen molar-refractivity contribution in [1.29, 1.82) is 0 Å². The van der Waals surface area contributed by atoms with Crippen LogP contribution >= 0.6 is 11.6 Å². The number of aryl methyl sites for hydroxylation is 1. The van der Waals surface area contributed by atoms with E-state index in [9.17, 15) is 9.59 Å². The predicted molar refractivity (Wildman–Crippen MR) is 85.2 cm³/mol. The number of methoxy groups -OCH3 is 1. The first-order chi connectivity index (χ1) is 10.4. The summed E-state index contributed by atoms with van der Waals surface area (Å²) in [6, 6.07) is 5.18. The Balaban J connectivity index is 2.23. The summed E-state index contributed by atoms with van der Waals surface area (Å²) >= 11 is 5.87. The summed E-state index contributed by atoms with van der Waals surface area (Å²) in [4.78, 5) is 22.8. The zero-order chi connectivity index (χ0) is 16.5. The minimum atomic E-state index is -0.339. The standard InChI is InChI=1S/C16H22ClNO4/c1-11-9-13(17)6-7-14(11)22-8-4-5-15(19)18-12(2)10-16(20)21-3/h6-7,9,12H,4-5,8,10H2,1-3H3,(H,18,19). The van der Waals surface area contributed by atoms with E-state index in [1.165, 1.54) is 7.11 Å². The molecule has 0 heterocycles. The molecule has 22 heavy (non-hydrogen) atoms. The average Bonchev–Trinajstić information content (AvgIpc) is 2.45. The van der Waals surface area contributed by atoms with E-state index in [4.69, 9.17) is 16.3 Å². The van der Waals surface area contributed by atoms with Gasteiger partial charge in [0.15, 0.2) is 0 Å². The molecule has 1 aromatic carbocycles. The van der Waals surface area contributed by atoms with Crippen molar-refractivity contribution < 1.29 is 19.1 Å². The van der Waals surface area contributed by atoms with Crippen molar-refractivity contribution in [3.8, 4) is 5.75 Å². The van der Waals surface area contributed by atoms with Crippen molar-refractivity contribution in [1.82, 2.24) is 5.32 Å².